The van der Waals surface area contributed by atoms with Crippen molar-refractivity contribution in [1.29, 1.82) is 0 Å². The van der Waals surface area contributed by atoms with Crippen LogP contribution in [0, 0.1) is 0 Å². The molecule has 0 bridgehead atoms. The predicted octanol–water partition coefficient (Wildman–Crippen LogP) is 1.13. The number of nitrogens with two attached hydrogens (primary N) is 1. The molecular weight excluding hydrogens is 214 g/mol. The first-order valence-corrected chi connectivity index (χ1v) is 5.49. The van der Waals surface area contributed by atoms with Gasteiger partial charge in [0.2, 0.25) is 0 Å². The highest BCUT2D eigenvalue weighted by atomic mass is 16.2. The molecule has 0 unspecified atom stereocenters. The summed E-state index contributed by atoms with van der Waals surface area (Å²) in [5.41, 5.74) is 9.59. The summed E-state index contributed by atoms with van der Waals surface area (Å²) in [7, 11) is 0. The number of amides is 1. The summed E-state index contributed by atoms with van der Waals surface area (Å²) in [6.45, 7) is 0. The Morgan fingerprint density at radius 1 is 1.18 bits per heavy atom. The number of aromatic nitrogens is 1. The minimum absolute atomic E-state index is 0.190. The first kappa shape index (κ1) is 11.4. The highest BCUT2D eigenvalue weighted by molar-refractivity contribution is 5.88. The molecule has 0 aliphatic rings. The highest BCUT2D eigenvalue weighted by Gasteiger charge is 2.13. The fourth-order valence-electron chi connectivity index (χ4n) is 1.58. The van der Waals surface area contributed by atoms with Crippen LogP contribution in [-0.2, 0) is 11.2 Å². The second kappa shape index (κ2) is 5.32. The number of rotatable bonds is 4. The third-order valence-corrected chi connectivity index (χ3v) is 2.48. The van der Waals surface area contributed by atoms with Crippen LogP contribution >= 0.6 is 0 Å². The molecule has 1 amide bonds. The molecule has 0 saturated heterocycles. The lowest BCUT2D eigenvalue weighted by atomic mass is 10.1. The van der Waals surface area contributed by atoms with E-state index in [0.29, 0.717) is 6.42 Å². The molecule has 2 aromatic rings. The van der Waals surface area contributed by atoms with Crippen LogP contribution in [0.25, 0.3) is 0 Å². The molecule has 2 rings (SSSR count). The zero-order valence-corrected chi connectivity index (χ0v) is 9.41. The van der Waals surface area contributed by atoms with Gasteiger partial charge in [0.05, 0.1) is 6.04 Å². The number of benzene rings is 1. The molecule has 17 heavy (non-hydrogen) atoms. The van der Waals surface area contributed by atoms with Crippen LogP contribution < -0.4 is 11.2 Å². The van der Waals surface area contributed by atoms with Gasteiger partial charge in [0.25, 0.3) is 5.91 Å². The van der Waals surface area contributed by atoms with Crippen LogP contribution in [0.3, 0.4) is 0 Å². The number of carbonyl (C=O) groups excluding carboxylic acids is 1. The number of nitrogens with one attached hydrogen (secondary N) is 1. The van der Waals surface area contributed by atoms with Gasteiger partial charge in [-0.05, 0) is 24.1 Å². The third-order valence-electron chi connectivity index (χ3n) is 2.48. The van der Waals surface area contributed by atoms with Gasteiger partial charge < -0.3 is 5.73 Å². The van der Waals surface area contributed by atoms with Gasteiger partial charge in [-0.3, -0.25) is 14.9 Å². The van der Waals surface area contributed by atoms with Crippen molar-refractivity contribution in [3.63, 3.8) is 0 Å². The lowest BCUT2D eigenvalue weighted by Crippen LogP contribution is -2.40. The maximum atomic E-state index is 11.8. The van der Waals surface area contributed by atoms with E-state index in [4.69, 9.17) is 5.73 Å². The molecule has 0 saturated carbocycles. The maximum absolute atomic E-state index is 11.8. The molecule has 88 valence electrons. The third kappa shape index (κ3) is 3.19. The second-order valence-electron chi connectivity index (χ2n) is 3.86. The predicted molar refractivity (Wildman–Crippen MR) is 66.9 cm³/mol. The minimum Gasteiger partial charge on any atom is -0.320 e. The van der Waals surface area contributed by atoms with Crippen molar-refractivity contribution in [2.75, 3.05) is 5.43 Å². The Labute approximate surface area is 100 Å². The largest absolute Gasteiger partial charge is 0.320 e. The van der Waals surface area contributed by atoms with Gasteiger partial charge in [0.1, 0.15) is 0 Å². The van der Waals surface area contributed by atoms with E-state index in [1.165, 1.54) is 0 Å². The molecule has 0 radical (unpaired) electrons. The molecule has 1 atom stereocenters. The second-order valence-corrected chi connectivity index (χ2v) is 3.86. The highest BCUT2D eigenvalue weighted by Crippen LogP contribution is 2.02. The topological polar surface area (TPSA) is 60.1 Å². The van der Waals surface area contributed by atoms with Gasteiger partial charge in [-0.1, -0.05) is 30.3 Å². The number of hydrogen-bond acceptors (Lipinski definition) is 2. The SMILES string of the molecule is N[C@H](Cc1ccccc1)C(=O)Nn1cccc1. The fourth-order valence-corrected chi connectivity index (χ4v) is 1.58. The Morgan fingerprint density at radius 2 is 1.82 bits per heavy atom. The summed E-state index contributed by atoms with van der Waals surface area (Å²) in [4.78, 5) is 11.8. The lowest BCUT2D eigenvalue weighted by molar-refractivity contribution is -0.118. The molecule has 4 nitrogen and oxygen atoms in total. The lowest BCUT2D eigenvalue weighted by Gasteiger charge is -2.12. The molecule has 1 heterocycles. The number of nitrogens with zero attached hydrogens (tertiary/aromatic N) is 1. The van der Waals surface area contributed by atoms with Crippen molar-refractivity contribution < 1.29 is 4.79 Å². The fraction of sp³-hybridized carbons (Fsp3) is 0.154. The van der Waals surface area contributed by atoms with Gasteiger partial charge in [-0.15, -0.1) is 0 Å². The monoisotopic (exact) mass is 229 g/mol. The van der Waals surface area contributed by atoms with E-state index < -0.39 is 6.04 Å². The molecule has 4 heteroatoms. The smallest absolute Gasteiger partial charge is 0.256 e. The van der Waals surface area contributed by atoms with Crippen molar-refractivity contribution in [3.8, 4) is 0 Å². The standard InChI is InChI=1S/C13H15N3O/c14-12(10-11-6-2-1-3-7-11)13(17)15-16-8-4-5-9-16/h1-9,12H,10,14H2,(H,15,17)/t12-/m1/s1. The summed E-state index contributed by atoms with van der Waals surface area (Å²) in [5, 5.41) is 0. The average Bonchev–Trinajstić information content (AvgIpc) is 2.83. The summed E-state index contributed by atoms with van der Waals surface area (Å²) >= 11 is 0. The summed E-state index contributed by atoms with van der Waals surface area (Å²) < 4.78 is 1.59. The van der Waals surface area contributed by atoms with Gasteiger partial charge in [0.15, 0.2) is 0 Å². The van der Waals surface area contributed by atoms with Crippen LogP contribution in [0.15, 0.2) is 54.9 Å². The van der Waals surface area contributed by atoms with Gasteiger partial charge in [0, 0.05) is 12.4 Å². The Hall–Kier alpha value is -2.07. The molecule has 0 aliphatic carbocycles. The first-order valence-electron chi connectivity index (χ1n) is 5.49. The number of carbonyl (C=O) groups is 1. The van der Waals surface area contributed by atoms with Crippen LogP contribution in [0.5, 0.6) is 0 Å². The van der Waals surface area contributed by atoms with E-state index in [9.17, 15) is 4.79 Å². The molecular formula is C13H15N3O. The number of hydrogen-bond donors (Lipinski definition) is 2. The Bertz CT molecular complexity index is 465. The van der Waals surface area contributed by atoms with Gasteiger partial charge in [-0.25, -0.2) is 0 Å². The first-order chi connectivity index (χ1) is 8.25. The van der Waals surface area contributed by atoms with Crippen LogP contribution in [-0.4, -0.2) is 16.6 Å². The van der Waals surface area contributed by atoms with E-state index in [-0.39, 0.29) is 5.91 Å². The molecule has 0 spiro atoms. The average molecular weight is 229 g/mol. The zero-order valence-electron chi connectivity index (χ0n) is 9.41. The molecule has 0 aliphatic heterocycles. The van der Waals surface area contributed by atoms with Gasteiger partial charge >= 0.3 is 0 Å². The molecule has 1 aromatic heterocycles. The Kier molecular flexibility index (Phi) is 3.57. The Morgan fingerprint density at radius 3 is 2.47 bits per heavy atom. The van der Waals surface area contributed by atoms with E-state index in [2.05, 4.69) is 5.43 Å². The minimum atomic E-state index is -0.542. The summed E-state index contributed by atoms with van der Waals surface area (Å²) in [6, 6.07) is 12.9. The summed E-state index contributed by atoms with van der Waals surface area (Å²) in [6.07, 6.45) is 4.05. The van der Waals surface area contributed by atoms with Crippen molar-refractivity contribution in [2.24, 2.45) is 5.73 Å². The van der Waals surface area contributed by atoms with Crippen molar-refractivity contribution >= 4 is 5.91 Å². The van der Waals surface area contributed by atoms with E-state index in [1.54, 1.807) is 17.1 Å². The normalized spacial score (nSPS) is 12.1. The van der Waals surface area contributed by atoms with E-state index in [1.807, 2.05) is 42.5 Å². The zero-order chi connectivity index (χ0) is 12.1. The summed E-state index contributed by atoms with van der Waals surface area (Å²) in [5.74, 6) is -0.190. The van der Waals surface area contributed by atoms with Crippen molar-refractivity contribution in [3.05, 3.63) is 60.4 Å². The van der Waals surface area contributed by atoms with Crippen molar-refractivity contribution in [2.45, 2.75) is 12.5 Å². The molecule has 3 N–H and O–H groups in total. The van der Waals surface area contributed by atoms with E-state index >= 15 is 0 Å². The molecule has 1 aromatic carbocycles. The van der Waals surface area contributed by atoms with E-state index in [0.717, 1.165) is 5.56 Å². The maximum Gasteiger partial charge on any atom is 0.256 e. The Balaban J connectivity index is 1.92. The molecule has 0 fully saturated rings. The quantitative estimate of drug-likeness (QED) is 0.825. The van der Waals surface area contributed by atoms with Crippen LogP contribution in [0.4, 0.5) is 0 Å². The van der Waals surface area contributed by atoms with Crippen molar-refractivity contribution in [1.82, 2.24) is 4.68 Å². The van der Waals surface area contributed by atoms with Crippen LogP contribution in [0.2, 0.25) is 0 Å². The van der Waals surface area contributed by atoms with Crippen LogP contribution in [0.1, 0.15) is 5.56 Å². The van der Waals surface area contributed by atoms with Gasteiger partial charge in [-0.2, -0.15) is 0 Å².